The lowest BCUT2D eigenvalue weighted by Crippen LogP contribution is -2.37. The highest BCUT2D eigenvalue weighted by atomic mass is 19.4. The van der Waals surface area contributed by atoms with Crippen LogP contribution in [0.5, 0.6) is 0 Å². The predicted molar refractivity (Wildman–Crippen MR) is 64.7 cm³/mol. The molecule has 0 saturated carbocycles. The monoisotopic (exact) mass is 276 g/mol. The van der Waals surface area contributed by atoms with Gasteiger partial charge in [0.15, 0.2) is 0 Å². The van der Waals surface area contributed by atoms with E-state index in [1.54, 1.807) is 0 Å². The largest absolute Gasteiger partial charge is 0.416 e. The Morgan fingerprint density at radius 1 is 1.42 bits per heavy atom. The zero-order valence-electron chi connectivity index (χ0n) is 10.1. The van der Waals surface area contributed by atoms with Crippen molar-refractivity contribution in [1.82, 2.24) is 0 Å². The number of hydrogen-bond acceptors (Lipinski definition) is 4. The minimum absolute atomic E-state index is 0.00246. The van der Waals surface area contributed by atoms with E-state index >= 15 is 0 Å². The van der Waals surface area contributed by atoms with E-state index < -0.39 is 17.3 Å². The highest BCUT2D eigenvalue weighted by molar-refractivity contribution is 5.67. The highest BCUT2D eigenvalue weighted by Crippen LogP contribution is 2.33. The van der Waals surface area contributed by atoms with Gasteiger partial charge in [0.05, 0.1) is 23.5 Å². The van der Waals surface area contributed by atoms with E-state index in [-0.39, 0.29) is 18.8 Å². The van der Waals surface area contributed by atoms with Gasteiger partial charge in [-0.2, -0.15) is 13.2 Å². The van der Waals surface area contributed by atoms with Gasteiger partial charge in [0.2, 0.25) is 0 Å². The Hall–Kier alpha value is -1.47. The predicted octanol–water partition coefficient (Wildman–Crippen LogP) is 1.85. The Balaban J connectivity index is 2.05. The van der Waals surface area contributed by atoms with Crippen molar-refractivity contribution in [2.75, 3.05) is 30.8 Å². The molecule has 0 aromatic heterocycles. The molecule has 0 bridgehead atoms. The Morgan fingerprint density at radius 2 is 2.16 bits per heavy atom. The van der Waals surface area contributed by atoms with Gasteiger partial charge in [0.25, 0.3) is 0 Å². The van der Waals surface area contributed by atoms with Crippen LogP contribution in [0.2, 0.25) is 0 Å². The van der Waals surface area contributed by atoms with Crippen molar-refractivity contribution in [2.24, 2.45) is 0 Å². The second-order valence-corrected chi connectivity index (χ2v) is 4.68. The Kier molecular flexibility index (Phi) is 3.60. The fourth-order valence-electron chi connectivity index (χ4n) is 1.90. The molecule has 4 N–H and O–H groups in total. The van der Waals surface area contributed by atoms with Crippen LogP contribution in [0.25, 0.3) is 0 Å². The molecule has 19 heavy (non-hydrogen) atoms. The summed E-state index contributed by atoms with van der Waals surface area (Å²) in [5, 5.41) is 12.9. The molecule has 0 radical (unpaired) electrons. The standard InChI is InChI=1S/C12H15F3N2O2/c13-12(14,15)8-1-2-10(9(16)5-8)17-6-11(18)3-4-19-7-11/h1-2,5,17-18H,3-4,6-7,16H2. The van der Waals surface area contributed by atoms with Gasteiger partial charge in [-0.3, -0.25) is 0 Å². The number of nitrogens with two attached hydrogens (primary N) is 1. The van der Waals surface area contributed by atoms with Crippen LogP contribution in [0.15, 0.2) is 18.2 Å². The third-order valence-corrected chi connectivity index (χ3v) is 3.07. The van der Waals surface area contributed by atoms with Gasteiger partial charge < -0.3 is 20.9 Å². The van der Waals surface area contributed by atoms with Gasteiger partial charge in [-0.05, 0) is 18.2 Å². The van der Waals surface area contributed by atoms with Crippen molar-refractivity contribution in [3.05, 3.63) is 23.8 Å². The summed E-state index contributed by atoms with van der Waals surface area (Å²) in [7, 11) is 0. The molecular formula is C12H15F3N2O2. The lowest BCUT2D eigenvalue weighted by molar-refractivity contribution is -0.137. The number of ether oxygens (including phenoxy) is 1. The SMILES string of the molecule is Nc1cc(C(F)(F)F)ccc1NCC1(O)CCOC1. The Morgan fingerprint density at radius 3 is 2.68 bits per heavy atom. The van der Waals surface area contributed by atoms with Crippen LogP contribution in [0.1, 0.15) is 12.0 Å². The number of nitrogens with one attached hydrogen (secondary N) is 1. The number of benzene rings is 1. The van der Waals surface area contributed by atoms with E-state index in [0.717, 1.165) is 12.1 Å². The van der Waals surface area contributed by atoms with E-state index in [9.17, 15) is 18.3 Å². The zero-order valence-corrected chi connectivity index (χ0v) is 10.1. The maximum Gasteiger partial charge on any atom is 0.416 e. The first-order valence-corrected chi connectivity index (χ1v) is 5.81. The first-order valence-electron chi connectivity index (χ1n) is 5.81. The molecule has 106 valence electrons. The third-order valence-electron chi connectivity index (χ3n) is 3.07. The molecule has 7 heteroatoms. The molecule has 1 aromatic carbocycles. The molecule has 1 atom stereocenters. The topological polar surface area (TPSA) is 67.5 Å². The van der Waals surface area contributed by atoms with Crippen molar-refractivity contribution in [2.45, 2.75) is 18.2 Å². The number of hydrogen-bond donors (Lipinski definition) is 3. The van der Waals surface area contributed by atoms with Crippen LogP contribution in [0.4, 0.5) is 24.5 Å². The minimum atomic E-state index is -4.41. The quantitative estimate of drug-likeness (QED) is 0.737. The number of aliphatic hydroxyl groups is 1. The third kappa shape index (κ3) is 3.30. The molecule has 0 spiro atoms. The molecule has 1 aliphatic heterocycles. The van der Waals surface area contributed by atoms with Gasteiger partial charge >= 0.3 is 6.18 Å². The van der Waals surface area contributed by atoms with Crippen LogP contribution in [-0.4, -0.2) is 30.5 Å². The molecule has 1 aliphatic rings. The van der Waals surface area contributed by atoms with E-state index in [0.29, 0.717) is 18.7 Å². The van der Waals surface area contributed by atoms with E-state index in [4.69, 9.17) is 10.5 Å². The molecule has 0 amide bonds. The second-order valence-electron chi connectivity index (χ2n) is 4.68. The summed E-state index contributed by atoms with van der Waals surface area (Å²) in [6.45, 7) is 0.865. The molecule has 1 aromatic rings. The summed E-state index contributed by atoms with van der Waals surface area (Å²) >= 11 is 0. The Labute approximate surface area is 108 Å². The van der Waals surface area contributed by atoms with Crippen molar-refractivity contribution in [3.63, 3.8) is 0 Å². The summed E-state index contributed by atoms with van der Waals surface area (Å²) in [5.41, 5.74) is 4.15. The molecule has 1 heterocycles. The summed E-state index contributed by atoms with van der Waals surface area (Å²) in [4.78, 5) is 0. The normalized spacial score (nSPS) is 23.6. The summed E-state index contributed by atoms with van der Waals surface area (Å²) in [6, 6.07) is 3.09. The van der Waals surface area contributed by atoms with Gasteiger partial charge in [-0.15, -0.1) is 0 Å². The van der Waals surface area contributed by atoms with Crippen LogP contribution >= 0.6 is 0 Å². The first-order chi connectivity index (χ1) is 8.80. The number of halogens is 3. The molecule has 4 nitrogen and oxygen atoms in total. The van der Waals surface area contributed by atoms with Gasteiger partial charge in [-0.25, -0.2) is 0 Å². The smallest absolute Gasteiger partial charge is 0.397 e. The van der Waals surface area contributed by atoms with E-state index in [2.05, 4.69) is 5.32 Å². The maximum atomic E-state index is 12.5. The minimum Gasteiger partial charge on any atom is -0.397 e. The molecule has 1 unspecified atom stereocenters. The molecule has 1 fully saturated rings. The summed E-state index contributed by atoms with van der Waals surface area (Å²) in [6.07, 6.45) is -3.93. The van der Waals surface area contributed by atoms with Crippen LogP contribution in [-0.2, 0) is 10.9 Å². The fourth-order valence-corrected chi connectivity index (χ4v) is 1.90. The summed E-state index contributed by atoms with van der Waals surface area (Å²) in [5.74, 6) is 0. The summed E-state index contributed by atoms with van der Waals surface area (Å²) < 4.78 is 42.5. The van der Waals surface area contributed by atoms with Crippen molar-refractivity contribution in [1.29, 1.82) is 0 Å². The number of rotatable bonds is 3. The zero-order chi connectivity index (χ0) is 14.1. The lowest BCUT2D eigenvalue weighted by atomic mass is 10.0. The van der Waals surface area contributed by atoms with Crippen molar-refractivity contribution < 1.29 is 23.0 Å². The highest BCUT2D eigenvalue weighted by Gasteiger charge is 2.33. The molecule has 1 saturated heterocycles. The van der Waals surface area contributed by atoms with Gasteiger partial charge in [0, 0.05) is 19.6 Å². The van der Waals surface area contributed by atoms with Crippen LogP contribution in [0, 0.1) is 0 Å². The number of nitrogen functional groups attached to an aromatic ring is 1. The van der Waals surface area contributed by atoms with Crippen molar-refractivity contribution >= 4 is 11.4 Å². The van der Waals surface area contributed by atoms with Gasteiger partial charge in [0.1, 0.15) is 5.60 Å². The Bertz CT molecular complexity index is 457. The second kappa shape index (κ2) is 4.90. The molecule has 2 rings (SSSR count). The fraction of sp³-hybridized carbons (Fsp3) is 0.500. The van der Waals surface area contributed by atoms with Gasteiger partial charge in [-0.1, -0.05) is 0 Å². The average molecular weight is 276 g/mol. The number of anilines is 2. The van der Waals surface area contributed by atoms with Crippen molar-refractivity contribution in [3.8, 4) is 0 Å². The molecule has 0 aliphatic carbocycles. The van der Waals surface area contributed by atoms with E-state index in [1.807, 2.05) is 0 Å². The molecular weight excluding hydrogens is 261 g/mol. The lowest BCUT2D eigenvalue weighted by Gasteiger charge is -2.22. The van der Waals surface area contributed by atoms with Crippen LogP contribution in [0.3, 0.4) is 0 Å². The van der Waals surface area contributed by atoms with Crippen LogP contribution < -0.4 is 11.1 Å². The van der Waals surface area contributed by atoms with E-state index in [1.165, 1.54) is 6.07 Å². The maximum absolute atomic E-state index is 12.5. The average Bonchev–Trinajstić information content (AvgIpc) is 2.74. The first kappa shape index (κ1) is 14.0. The number of alkyl halides is 3.